The van der Waals surface area contributed by atoms with E-state index in [0.29, 0.717) is 16.9 Å². The number of esters is 2. The summed E-state index contributed by atoms with van der Waals surface area (Å²) >= 11 is 0. The van der Waals surface area contributed by atoms with Crippen LogP contribution in [0.2, 0.25) is 0 Å². The zero-order valence-electron chi connectivity index (χ0n) is 15.5. The summed E-state index contributed by atoms with van der Waals surface area (Å²) in [6, 6.07) is 8.26. The minimum absolute atomic E-state index is 0.113. The molecule has 1 N–H and O–H groups in total. The monoisotopic (exact) mass is 358 g/mol. The average Bonchev–Trinajstić information content (AvgIpc) is 2.59. The van der Waals surface area contributed by atoms with Crippen LogP contribution in [0.25, 0.3) is 11.1 Å². The van der Waals surface area contributed by atoms with Crippen molar-refractivity contribution in [3.05, 3.63) is 47.0 Å². The Kier molecular flexibility index (Phi) is 5.87. The maximum atomic E-state index is 12.7. The van der Waals surface area contributed by atoms with Gasteiger partial charge >= 0.3 is 11.9 Å². The summed E-state index contributed by atoms with van der Waals surface area (Å²) in [4.78, 5) is 25.1. The Morgan fingerprint density at radius 1 is 1.04 bits per heavy atom. The summed E-state index contributed by atoms with van der Waals surface area (Å²) in [6.07, 6.45) is -0.345. The Morgan fingerprint density at radius 2 is 1.69 bits per heavy atom. The van der Waals surface area contributed by atoms with Crippen LogP contribution in [0.3, 0.4) is 0 Å². The molecule has 0 bridgehead atoms. The van der Waals surface area contributed by atoms with Gasteiger partial charge in [0.1, 0.15) is 17.1 Å². The van der Waals surface area contributed by atoms with Gasteiger partial charge in [0, 0.05) is 11.1 Å². The summed E-state index contributed by atoms with van der Waals surface area (Å²) in [5.74, 6) is -1.19. The highest BCUT2D eigenvalue weighted by Gasteiger charge is 2.29. The van der Waals surface area contributed by atoms with Crippen LogP contribution >= 0.6 is 0 Å². The van der Waals surface area contributed by atoms with Gasteiger partial charge in [-0.2, -0.15) is 0 Å². The van der Waals surface area contributed by atoms with Crippen molar-refractivity contribution in [1.82, 2.24) is 0 Å². The standard InChI is InChI=1S/C20H22O6/c1-11(2)26-20(23)16-12(3)10-14(21)18(19(22)25-5)17(16)13-8-6-7-9-15(13)24-4/h6-11,21H,1-5H3. The first-order valence-corrected chi connectivity index (χ1v) is 8.11. The van der Waals surface area contributed by atoms with Gasteiger partial charge in [-0.15, -0.1) is 0 Å². The van der Waals surface area contributed by atoms with Crippen LogP contribution in [0.4, 0.5) is 0 Å². The predicted molar refractivity (Wildman–Crippen MR) is 96.7 cm³/mol. The smallest absolute Gasteiger partial charge is 0.342 e. The molecular formula is C20H22O6. The van der Waals surface area contributed by atoms with Crippen LogP contribution < -0.4 is 4.74 Å². The first-order valence-electron chi connectivity index (χ1n) is 8.11. The molecule has 6 heteroatoms. The molecule has 0 fully saturated rings. The molecule has 0 aliphatic rings. The molecule has 0 saturated carbocycles. The van der Waals surface area contributed by atoms with Gasteiger partial charge in [0.2, 0.25) is 0 Å². The number of methoxy groups -OCH3 is 2. The number of para-hydroxylation sites is 1. The van der Waals surface area contributed by atoms with Gasteiger partial charge in [-0.05, 0) is 38.5 Å². The van der Waals surface area contributed by atoms with Crippen molar-refractivity contribution in [2.24, 2.45) is 0 Å². The number of carbonyl (C=O) groups excluding carboxylic acids is 2. The Bertz CT molecular complexity index is 838. The van der Waals surface area contributed by atoms with Gasteiger partial charge in [-0.25, -0.2) is 9.59 Å². The Morgan fingerprint density at radius 3 is 2.27 bits per heavy atom. The molecule has 0 unspecified atom stereocenters. The zero-order valence-corrected chi connectivity index (χ0v) is 15.5. The van der Waals surface area contributed by atoms with Gasteiger partial charge in [-0.1, -0.05) is 18.2 Å². The molecule has 0 aromatic heterocycles. The maximum absolute atomic E-state index is 12.7. The molecule has 138 valence electrons. The van der Waals surface area contributed by atoms with Crippen molar-refractivity contribution in [3.8, 4) is 22.6 Å². The minimum atomic E-state index is -0.762. The van der Waals surface area contributed by atoms with Crippen molar-refractivity contribution in [3.63, 3.8) is 0 Å². The summed E-state index contributed by atoms with van der Waals surface area (Å²) in [7, 11) is 2.69. The topological polar surface area (TPSA) is 82.1 Å². The van der Waals surface area contributed by atoms with Crippen molar-refractivity contribution < 1.29 is 28.9 Å². The Labute approximate surface area is 152 Å². The fraction of sp³-hybridized carbons (Fsp3) is 0.300. The van der Waals surface area contributed by atoms with E-state index in [1.165, 1.54) is 20.3 Å². The first-order chi connectivity index (χ1) is 12.3. The molecule has 0 aliphatic heterocycles. The lowest BCUT2D eigenvalue weighted by Crippen LogP contribution is -2.17. The fourth-order valence-corrected chi connectivity index (χ4v) is 2.76. The summed E-state index contributed by atoms with van der Waals surface area (Å²) in [5.41, 5.74) is 1.24. The number of phenolic OH excluding ortho intramolecular Hbond substituents is 1. The molecule has 2 aromatic rings. The SMILES string of the molecule is COC(=O)c1c(O)cc(C)c(C(=O)OC(C)C)c1-c1ccccc1OC. The third kappa shape index (κ3) is 3.64. The van der Waals surface area contributed by atoms with E-state index >= 15 is 0 Å². The van der Waals surface area contributed by atoms with E-state index in [2.05, 4.69) is 0 Å². The summed E-state index contributed by atoms with van der Waals surface area (Å²) in [5, 5.41) is 10.4. The molecule has 0 atom stereocenters. The molecule has 0 amide bonds. The average molecular weight is 358 g/mol. The number of aryl methyl sites for hydroxylation is 1. The molecule has 2 rings (SSSR count). The van der Waals surface area contributed by atoms with Crippen LogP contribution in [0.5, 0.6) is 11.5 Å². The Hall–Kier alpha value is -3.02. The molecule has 26 heavy (non-hydrogen) atoms. The highest BCUT2D eigenvalue weighted by atomic mass is 16.5. The second kappa shape index (κ2) is 7.91. The third-order valence-electron chi connectivity index (χ3n) is 3.82. The number of benzene rings is 2. The zero-order chi connectivity index (χ0) is 19.4. The van der Waals surface area contributed by atoms with Gasteiger partial charge in [-0.3, -0.25) is 0 Å². The van der Waals surface area contributed by atoms with Crippen molar-refractivity contribution >= 4 is 11.9 Å². The molecule has 6 nitrogen and oxygen atoms in total. The van der Waals surface area contributed by atoms with E-state index in [9.17, 15) is 14.7 Å². The molecule has 0 saturated heterocycles. The van der Waals surface area contributed by atoms with Crippen molar-refractivity contribution in [1.29, 1.82) is 0 Å². The third-order valence-corrected chi connectivity index (χ3v) is 3.82. The quantitative estimate of drug-likeness (QED) is 0.820. The largest absolute Gasteiger partial charge is 0.507 e. The van der Waals surface area contributed by atoms with Crippen molar-refractivity contribution in [2.45, 2.75) is 26.9 Å². The number of hydrogen-bond acceptors (Lipinski definition) is 6. The lowest BCUT2D eigenvalue weighted by molar-refractivity contribution is 0.0378. The predicted octanol–water partition coefficient (Wildman–Crippen LogP) is 3.73. The minimum Gasteiger partial charge on any atom is -0.507 e. The fourth-order valence-electron chi connectivity index (χ4n) is 2.76. The highest BCUT2D eigenvalue weighted by Crippen LogP contribution is 2.40. The number of hydrogen-bond donors (Lipinski definition) is 1. The van der Waals surface area contributed by atoms with Crippen LogP contribution in [-0.2, 0) is 9.47 Å². The lowest BCUT2D eigenvalue weighted by Gasteiger charge is -2.19. The van der Waals surface area contributed by atoms with E-state index in [4.69, 9.17) is 14.2 Å². The number of rotatable bonds is 5. The van der Waals surface area contributed by atoms with Crippen LogP contribution in [0.15, 0.2) is 30.3 Å². The van der Waals surface area contributed by atoms with Crippen LogP contribution in [0, 0.1) is 6.92 Å². The number of aromatic hydroxyl groups is 1. The van der Waals surface area contributed by atoms with E-state index in [0.717, 1.165) is 0 Å². The van der Waals surface area contributed by atoms with Gasteiger partial charge in [0.25, 0.3) is 0 Å². The lowest BCUT2D eigenvalue weighted by atomic mass is 9.89. The molecule has 0 aliphatic carbocycles. The number of phenols is 1. The first kappa shape index (κ1) is 19.3. The normalized spacial score (nSPS) is 10.5. The maximum Gasteiger partial charge on any atom is 0.342 e. The van der Waals surface area contributed by atoms with E-state index < -0.39 is 11.9 Å². The second-order valence-electron chi connectivity index (χ2n) is 5.98. The summed E-state index contributed by atoms with van der Waals surface area (Å²) < 4.78 is 15.5. The van der Waals surface area contributed by atoms with Crippen LogP contribution in [0.1, 0.15) is 40.1 Å². The molecule has 0 spiro atoms. The molecule has 0 heterocycles. The van der Waals surface area contributed by atoms with Gasteiger partial charge in [0.05, 0.1) is 25.9 Å². The molecular weight excluding hydrogens is 336 g/mol. The highest BCUT2D eigenvalue weighted by molar-refractivity contribution is 6.09. The van der Waals surface area contributed by atoms with E-state index in [-0.39, 0.29) is 28.5 Å². The second-order valence-corrected chi connectivity index (χ2v) is 5.98. The Balaban J connectivity index is 2.92. The van der Waals surface area contributed by atoms with E-state index in [1.807, 2.05) is 0 Å². The summed E-state index contributed by atoms with van der Waals surface area (Å²) in [6.45, 7) is 5.13. The van der Waals surface area contributed by atoms with Crippen LogP contribution in [-0.4, -0.2) is 37.4 Å². The number of ether oxygens (including phenoxy) is 3. The molecule has 2 aromatic carbocycles. The van der Waals surface area contributed by atoms with Gasteiger partial charge in [0.15, 0.2) is 0 Å². The van der Waals surface area contributed by atoms with E-state index in [1.54, 1.807) is 45.0 Å². The number of carbonyl (C=O) groups is 2. The van der Waals surface area contributed by atoms with Crippen molar-refractivity contribution in [2.75, 3.05) is 14.2 Å². The van der Waals surface area contributed by atoms with Gasteiger partial charge < -0.3 is 19.3 Å². The molecule has 0 radical (unpaired) electrons.